The molecule has 0 fully saturated rings. The summed E-state index contributed by atoms with van der Waals surface area (Å²) in [6, 6.07) is 15.5. The van der Waals surface area contributed by atoms with Gasteiger partial charge in [-0.15, -0.1) is 11.3 Å². The fourth-order valence-corrected chi connectivity index (χ4v) is 3.96. The van der Waals surface area contributed by atoms with Crippen LogP contribution in [0, 0.1) is 0 Å². The van der Waals surface area contributed by atoms with Gasteiger partial charge in [-0.25, -0.2) is 4.98 Å². The number of thiazole rings is 1. The van der Waals surface area contributed by atoms with Crippen molar-refractivity contribution in [1.82, 2.24) is 9.97 Å². The molecule has 3 heterocycles. The summed E-state index contributed by atoms with van der Waals surface area (Å²) >= 11 is 2.92. The van der Waals surface area contributed by atoms with Crippen molar-refractivity contribution >= 4 is 43.9 Å². The van der Waals surface area contributed by atoms with Gasteiger partial charge in [-0.2, -0.15) is 0 Å². The van der Waals surface area contributed by atoms with Gasteiger partial charge in [0.25, 0.3) is 5.91 Å². The molecule has 0 bridgehead atoms. The molecule has 0 atom stereocenters. The van der Waals surface area contributed by atoms with Crippen molar-refractivity contribution in [3.63, 3.8) is 0 Å². The van der Waals surface area contributed by atoms with Crippen LogP contribution in [0.1, 0.15) is 9.67 Å². The topological polar surface area (TPSA) is 54.9 Å². The number of anilines is 1. The van der Waals surface area contributed by atoms with E-state index < -0.39 is 0 Å². The zero-order chi connectivity index (χ0) is 15.6. The lowest BCUT2D eigenvalue weighted by atomic mass is 10.2. The van der Waals surface area contributed by atoms with E-state index in [0.29, 0.717) is 10.0 Å². The average Bonchev–Trinajstić information content (AvgIpc) is 3.22. The zero-order valence-electron chi connectivity index (χ0n) is 11.9. The Hall–Kier alpha value is -2.57. The summed E-state index contributed by atoms with van der Waals surface area (Å²) < 4.78 is 1.06. The maximum Gasteiger partial charge on any atom is 0.267 e. The minimum atomic E-state index is -0.135. The molecule has 1 aromatic carbocycles. The number of para-hydroxylation sites is 1. The number of hydrogen-bond acceptors (Lipinski definition) is 5. The number of pyridine rings is 1. The van der Waals surface area contributed by atoms with Crippen molar-refractivity contribution in [3.8, 4) is 10.4 Å². The molecule has 0 aliphatic carbocycles. The summed E-state index contributed by atoms with van der Waals surface area (Å²) in [4.78, 5) is 22.6. The standard InChI is InChI=1S/C17H11N3OS2/c21-16(20-17-19-12-5-1-2-6-14(12)23-17)15-8-7-13(22-15)11-4-3-9-18-10-11/h1-10H,(H,19,20,21). The molecule has 0 unspecified atom stereocenters. The molecule has 4 aromatic rings. The first-order valence-corrected chi connectivity index (χ1v) is 8.60. The van der Waals surface area contributed by atoms with Crippen LogP contribution in [0.15, 0.2) is 60.9 Å². The van der Waals surface area contributed by atoms with Gasteiger partial charge >= 0.3 is 0 Å². The van der Waals surface area contributed by atoms with Gasteiger partial charge < -0.3 is 0 Å². The fourth-order valence-electron chi connectivity index (χ4n) is 2.21. The summed E-state index contributed by atoms with van der Waals surface area (Å²) in [7, 11) is 0. The molecule has 0 saturated carbocycles. The van der Waals surface area contributed by atoms with Crippen LogP contribution in [0.2, 0.25) is 0 Å². The Bertz CT molecular complexity index is 943. The van der Waals surface area contributed by atoms with E-state index in [2.05, 4.69) is 15.3 Å². The predicted molar refractivity (Wildman–Crippen MR) is 95.1 cm³/mol. The molecular formula is C17H11N3OS2. The summed E-state index contributed by atoms with van der Waals surface area (Å²) in [6.07, 6.45) is 3.53. The summed E-state index contributed by atoms with van der Waals surface area (Å²) in [6.45, 7) is 0. The van der Waals surface area contributed by atoms with Crippen LogP contribution in [-0.2, 0) is 0 Å². The first-order chi connectivity index (χ1) is 11.3. The number of amides is 1. The number of aromatic nitrogens is 2. The second kappa shape index (κ2) is 5.91. The first-order valence-electron chi connectivity index (χ1n) is 6.97. The Balaban J connectivity index is 1.56. The number of nitrogens with one attached hydrogen (secondary N) is 1. The van der Waals surface area contributed by atoms with E-state index in [-0.39, 0.29) is 5.91 Å². The quantitative estimate of drug-likeness (QED) is 0.591. The van der Waals surface area contributed by atoms with E-state index >= 15 is 0 Å². The van der Waals surface area contributed by atoms with Gasteiger partial charge in [-0.05, 0) is 30.3 Å². The third-order valence-electron chi connectivity index (χ3n) is 3.29. The number of rotatable bonds is 3. The van der Waals surface area contributed by atoms with Gasteiger partial charge in [0.2, 0.25) is 0 Å². The molecule has 6 heteroatoms. The second-order valence-electron chi connectivity index (χ2n) is 4.85. The van der Waals surface area contributed by atoms with Crippen molar-refractivity contribution < 1.29 is 4.79 Å². The number of fused-ring (bicyclic) bond motifs is 1. The van der Waals surface area contributed by atoms with Crippen LogP contribution in [0.25, 0.3) is 20.7 Å². The lowest BCUT2D eigenvalue weighted by Crippen LogP contribution is -2.09. The molecule has 3 aromatic heterocycles. The van der Waals surface area contributed by atoms with Gasteiger partial charge in [0, 0.05) is 22.8 Å². The summed E-state index contributed by atoms with van der Waals surface area (Å²) in [5, 5.41) is 3.49. The normalized spacial score (nSPS) is 10.8. The number of nitrogens with zero attached hydrogens (tertiary/aromatic N) is 2. The molecule has 4 rings (SSSR count). The molecule has 0 aliphatic heterocycles. The van der Waals surface area contributed by atoms with Gasteiger partial charge in [-0.1, -0.05) is 29.5 Å². The fraction of sp³-hybridized carbons (Fsp3) is 0. The lowest BCUT2D eigenvalue weighted by Gasteiger charge is -1.98. The zero-order valence-corrected chi connectivity index (χ0v) is 13.5. The van der Waals surface area contributed by atoms with Gasteiger partial charge in [-0.3, -0.25) is 15.1 Å². The van der Waals surface area contributed by atoms with E-state index in [1.165, 1.54) is 22.7 Å². The number of benzene rings is 1. The van der Waals surface area contributed by atoms with Crippen molar-refractivity contribution in [1.29, 1.82) is 0 Å². The molecule has 1 N–H and O–H groups in total. The predicted octanol–water partition coefficient (Wildman–Crippen LogP) is 4.67. The highest BCUT2D eigenvalue weighted by atomic mass is 32.1. The average molecular weight is 337 g/mol. The minimum absolute atomic E-state index is 0.135. The van der Waals surface area contributed by atoms with Crippen LogP contribution >= 0.6 is 22.7 Å². The van der Waals surface area contributed by atoms with E-state index in [9.17, 15) is 4.79 Å². The van der Waals surface area contributed by atoms with Crippen LogP contribution in [0.3, 0.4) is 0 Å². The number of carbonyl (C=O) groups is 1. The maximum atomic E-state index is 12.4. The molecule has 4 nitrogen and oxygen atoms in total. The monoisotopic (exact) mass is 337 g/mol. The number of thiophene rings is 1. The lowest BCUT2D eigenvalue weighted by molar-refractivity contribution is 0.103. The molecule has 1 amide bonds. The molecule has 112 valence electrons. The molecule has 0 aliphatic rings. The van der Waals surface area contributed by atoms with Crippen LogP contribution in [0.5, 0.6) is 0 Å². The van der Waals surface area contributed by atoms with Crippen molar-refractivity contribution in [2.75, 3.05) is 5.32 Å². The second-order valence-corrected chi connectivity index (χ2v) is 6.96. The minimum Gasteiger partial charge on any atom is -0.297 e. The maximum absolute atomic E-state index is 12.4. The Labute approximate surface area is 140 Å². The Morgan fingerprint density at radius 3 is 2.74 bits per heavy atom. The number of carbonyl (C=O) groups excluding carboxylic acids is 1. The number of hydrogen-bond donors (Lipinski definition) is 1. The first kappa shape index (κ1) is 14.0. The molecule has 0 spiro atoms. The molecule has 0 saturated heterocycles. The van der Waals surface area contributed by atoms with Crippen molar-refractivity contribution in [3.05, 3.63) is 65.8 Å². The molecular weight excluding hydrogens is 326 g/mol. The van der Waals surface area contributed by atoms with E-state index in [0.717, 1.165) is 20.7 Å². The third-order valence-corrected chi connectivity index (χ3v) is 5.38. The van der Waals surface area contributed by atoms with Crippen molar-refractivity contribution in [2.24, 2.45) is 0 Å². The molecule has 0 radical (unpaired) electrons. The summed E-state index contributed by atoms with van der Waals surface area (Å²) in [5.74, 6) is -0.135. The summed E-state index contributed by atoms with van der Waals surface area (Å²) in [5.41, 5.74) is 1.91. The van der Waals surface area contributed by atoms with Gasteiger partial charge in [0.1, 0.15) is 0 Å². The van der Waals surface area contributed by atoms with Crippen LogP contribution in [0.4, 0.5) is 5.13 Å². The van der Waals surface area contributed by atoms with Gasteiger partial charge in [0.05, 0.1) is 15.1 Å². The highest BCUT2D eigenvalue weighted by molar-refractivity contribution is 7.22. The van der Waals surface area contributed by atoms with Crippen LogP contribution in [-0.4, -0.2) is 15.9 Å². The van der Waals surface area contributed by atoms with Crippen molar-refractivity contribution in [2.45, 2.75) is 0 Å². The Morgan fingerprint density at radius 2 is 1.91 bits per heavy atom. The van der Waals surface area contributed by atoms with Gasteiger partial charge in [0.15, 0.2) is 5.13 Å². The highest BCUT2D eigenvalue weighted by Gasteiger charge is 2.13. The highest BCUT2D eigenvalue weighted by Crippen LogP contribution is 2.29. The third kappa shape index (κ3) is 2.86. The molecule has 23 heavy (non-hydrogen) atoms. The smallest absolute Gasteiger partial charge is 0.267 e. The Morgan fingerprint density at radius 1 is 1.00 bits per heavy atom. The van der Waals surface area contributed by atoms with Crippen LogP contribution < -0.4 is 5.32 Å². The van der Waals surface area contributed by atoms with E-state index in [4.69, 9.17) is 0 Å². The Kier molecular flexibility index (Phi) is 3.61. The van der Waals surface area contributed by atoms with E-state index in [1.807, 2.05) is 48.5 Å². The SMILES string of the molecule is O=C(Nc1nc2ccccc2s1)c1ccc(-c2cccnc2)s1. The van der Waals surface area contributed by atoms with E-state index in [1.54, 1.807) is 12.4 Å². The largest absolute Gasteiger partial charge is 0.297 e.